The largest absolute Gasteiger partial charge is 0.228 e. The lowest BCUT2D eigenvalue weighted by Crippen LogP contribution is -1.96. The molecule has 0 spiro atoms. The first-order valence-electron chi connectivity index (χ1n) is 13.5. The molecule has 0 bridgehead atoms. The highest BCUT2D eigenvalue weighted by molar-refractivity contribution is 7.26. The van der Waals surface area contributed by atoms with Gasteiger partial charge in [-0.15, -0.1) is 11.3 Å². The lowest BCUT2D eigenvalue weighted by molar-refractivity contribution is 1.22. The van der Waals surface area contributed by atoms with Gasteiger partial charge in [-0.2, -0.15) is 0 Å². The van der Waals surface area contributed by atoms with Gasteiger partial charge in [-0.25, -0.2) is 19.9 Å². The maximum atomic E-state index is 5.14. The van der Waals surface area contributed by atoms with Crippen molar-refractivity contribution in [2.75, 3.05) is 0 Å². The third-order valence-corrected chi connectivity index (χ3v) is 8.46. The summed E-state index contributed by atoms with van der Waals surface area (Å²) in [6.45, 7) is 0. The van der Waals surface area contributed by atoms with E-state index in [-0.39, 0.29) is 0 Å². The summed E-state index contributed by atoms with van der Waals surface area (Å²) < 4.78 is 2.31. The number of rotatable bonds is 4. The molecule has 0 saturated carbocycles. The molecule has 0 aliphatic carbocycles. The summed E-state index contributed by atoms with van der Waals surface area (Å²) in [5.74, 6) is 1.36. The van der Waals surface area contributed by atoms with Gasteiger partial charge < -0.3 is 0 Å². The van der Waals surface area contributed by atoms with Crippen LogP contribution < -0.4 is 0 Å². The average molecular weight is 543 g/mol. The normalized spacial score (nSPS) is 11.4. The van der Waals surface area contributed by atoms with E-state index in [2.05, 4.69) is 84.9 Å². The number of thiophene rings is 1. The topological polar surface area (TPSA) is 51.6 Å². The third kappa shape index (κ3) is 4.15. The van der Waals surface area contributed by atoms with Gasteiger partial charge in [0.25, 0.3) is 0 Å². The number of para-hydroxylation sites is 1. The molecule has 0 fully saturated rings. The van der Waals surface area contributed by atoms with E-state index in [1.807, 2.05) is 48.5 Å². The molecule has 41 heavy (non-hydrogen) atoms. The van der Waals surface area contributed by atoms with Gasteiger partial charge >= 0.3 is 0 Å². The molecule has 0 aliphatic rings. The first-order valence-corrected chi connectivity index (χ1v) is 14.3. The first-order chi connectivity index (χ1) is 20.3. The molecule has 5 aromatic carbocycles. The standard InChI is InChI=1S/C36H22N4S/c1-3-12-23(13-4-1)31-27-18-7-9-20-29(27)37-35(38-31)25-16-11-17-26(22-25)36-39-32(24-14-5-2-6-15-24)34-33(40-36)28-19-8-10-21-30(28)41-34/h1-22H. The SMILES string of the molecule is c1ccc(-c2nc(-c3cccc(-c4nc(-c5ccccc5)c5sc6ccccc6c5n4)c3)nc3ccccc23)cc1. The van der Waals surface area contributed by atoms with Crippen LogP contribution in [-0.2, 0) is 0 Å². The van der Waals surface area contributed by atoms with Crippen LogP contribution >= 0.6 is 11.3 Å². The van der Waals surface area contributed by atoms with Crippen LogP contribution in [0.4, 0.5) is 0 Å². The Kier molecular flexibility index (Phi) is 5.61. The molecular formula is C36H22N4S. The minimum absolute atomic E-state index is 0.676. The van der Waals surface area contributed by atoms with Gasteiger partial charge in [0.15, 0.2) is 11.6 Å². The zero-order valence-corrected chi connectivity index (χ0v) is 22.7. The Bertz CT molecular complexity index is 2210. The number of hydrogen-bond acceptors (Lipinski definition) is 5. The Morgan fingerprint density at radius 2 is 0.976 bits per heavy atom. The molecule has 3 heterocycles. The molecule has 0 unspecified atom stereocenters. The Labute approximate surface area is 240 Å². The zero-order valence-electron chi connectivity index (χ0n) is 21.9. The van der Waals surface area contributed by atoms with Gasteiger partial charge in [0.05, 0.1) is 27.1 Å². The number of nitrogens with zero attached hydrogens (tertiary/aromatic N) is 4. The number of aromatic nitrogens is 4. The van der Waals surface area contributed by atoms with Crippen LogP contribution in [0.3, 0.4) is 0 Å². The van der Waals surface area contributed by atoms with E-state index in [9.17, 15) is 0 Å². The fourth-order valence-corrected chi connectivity index (χ4v) is 6.48. The first kappa shape index (κ1) is 23.6. The Morgan fingerprint density at radius 1 is 0.415 bits per heavy atom. The number of fused-ring (bicyclic) bond motifs is 4. The summed E-state index contributed by atoms with van der Waals surface area (Å²) >= 11 is 1.74. The second-order valence-corrected chi connectivity index (χ2v) is 10.9. The van der Waals surface area contributed by atoms with Crippen molar-refractivity contribution >= 4 is 42.5 Å². The van der Waals surface area contributed by atoms with Crippen molar-refractivity contribution in [2.45, 2.75) is 0 Å². The molecule has 192 valence electrons. The van der Waals surface area contributed by atoms with Crippen molar-refractivity contribution in [3.8, 4) is 45.3 Å². The summed E-state index contributed by atoms with van der Waals surface area (Å²) in [6.07, 6.45) is 0. The summed E-state index contributed by atoms with van der Waals surface area (Å²) in [6, 6.07) is 45.5. The monoisotopic (exact) mass is 542 g/mol. The zero-order chi connectivity index (χ0) is 27.2. The average Bonchev–Trinajstić information content (AvgIpc) is 3.43. The molecule has 0 aliphatic heterocycles. The van der Waals surface area contributed by atoms with Crippen LogP contribution in [0.2, 0.25) is 0 Å². The van der Waals surface area contributed by atoms with E-state index in [1.165, 1.54) is 4.70 Å². The van der Waals surface area contributed by atoms with Gasteiger partial charge in [-0.3, -0.25) is 0 Å². The molecule has 0 radical (unpaired) electrons. The number of benzene rings is 5. The van der Waals surface area contributed by atoms with Crippen LogP contribution in [0.25, 0.3) is 76.5 Å². The maximum absolute atomic E-state index is 5.14. The van der Waals surface area contributed by atoms with E-state index in [4.69, 9.17) is 19.9 Å². The minimum Gasteiger partial charge on any atom is -0.228 e. The lowest BCUT2D eigenvalue weighted by Gasteiger charge is -2.11. The van der Waals surface area contributed by atoms with Crippen molar-refractivity contribution in [2.24, 2.45) is 0 Å². The van der Waals surface area contributed by atoms with Crippen molar-refractivity contribution in [1.29, 1.82) is 0 Å². The summed E-state index contributed by atoms with van der Waals surface area (Å²) in [5, 5.41) is 2.18. The molecule has 0 saturated heterocycles. The fourth-order valence-electron chi connectivity index (χ4n) is 5.33. The molecule has 8 aromatic rings. The lowest BCUT2D eigenvalue weighted by atomic mass is 10.0. The molecule has 8 rings (SSSR count). The Hall–Kier alpha value is -5.26. The second-order valence-electron chi connectivity index (χ2n) is 9.90. The van der Waals surface area contributed by atoms with Crippen molar-refractivity contribution in [3.05, 3.63) is 133 Å². The molecule has 0 amide bonds. The minimum atomic E-state index is 0.676. The van der Waals surface area contributed by atoms with Crippen LogP contribution in [0.5, 0.6) is 0 Å². The van der Waals surface area contributed by atoms with E-state index in [0.29, 0.717) is 11.6 Å². The molecule has 5 heteroatoms. The van der Waals surface area contributed by atoms with Gasteiger partial charge in [0, 0.05) is 37.7 Å². The van der Waals surface area contributed by atoms with Gasteiger partial charge in [0.1, 0.15) is 0 Å². The number of hydrogen-bond donors (Lipinski definition) is 0. The van der Waals surface area contributed by atoms with Crippen molar-refractivity contribution in [1.82, 2.24) is 19.9 Å². The van der Waals surface area contributed by atoms with Gasteiger partial charge in [-0.1, -0.05) is 115 Å². The van der Waals surface area contributed by atoms with E-state index < -0.39 is 0 Å². The maximum Gasteiger partial charge on any atom is 0.160 e. The highest BCUT2D eigenvalue weighted by Gasteiger charge is 2.17. The van der Waals surface area contributed by atoms with Gasteiger partial charge in [-0.05, 0) is 18.2 Å². The molecular weight excluding hydrogens is 520 g/mol. The molecule has 3 aromatic heterocycles. The second kappa shape index (κ2) is 9.73. The Morgan fingerprint density at radius 3 is 1.73 bits per heavy atom. The van der Waals surface area contributed by atoms with Gasteiger partial charge in [0.2, 0.25) is 0 Å². The van der Waals surface area contributed by atoms with E-state index in [1.54, 1.807) is 11.3 Å². The molecule has 0 atom stereocenters. The predicted octanol–water partition coefficient (Wildman–Crippen LogP) is 9.46. The molecule has 0 N–H and O–H groups in total. The third-order valence-electron chi connectivity index (χ3n) is 7.30. The van der Waals surface area contributed by atoms with Crippen LogP contribution in [0.1, 0.15) is 0 Å². The fraction of sp³-hybridized carbons (Fsp3) is 0. The highest BCUT2D eigenvalue weighted by atomic mass is 32.1. The van der Waals surface area contributed by atoms with E-state index in [0.717, 1.165) is 60.1 Å². The van der Waals surface area contributed by atoms with Crippen molar-refractivity contribution in [3.63, 3.8) is 0 Å². The highest BCUT2D eigenvalue weighted by Crippen LogP contribution is 2.39. The van der Waals surface area contributed by atoms with Crippen LogP contribution in [0, 0.1) is 0 Å². The van der Waals surface area contributed by atoms with Crippen LogP contribution in [-0.4, -0.2) is 19.9 Å². The van der Waals surface area contributed by atoms with E-state index >= 15 is 0 Å². The van der Waals surface area contributed by atoms with Crippen LogP contribution in [0.15, 0.2) is 133 Å². The molecule has 4 nitrogen and oxygen atoms in total. The predicted molar refractivity (Wildman–Crippen MR) is 170 cm³/mol. The van der Waals surface area contributed by atoms with Crippen molar-refractivity contribution < 1.29 is 0 Å². The Balaban J connectivity index is 1.33. The summed E-state index contributed by atoms with van der Waals surface area (Å²) in [5.41, 5.74) is 7.75. The smallest absolute Gasteiger partial charge is 0.160 e. The quantitative estimate of drug-likeness (QED) is 0.222. The summed E-state index contributed by atoms with van der Waals surface area (Å²) in [4.78, 5) is 20.3. The summed E-state index contributed by atoms with van der Waals surface area (Å²) in [7, 11) is 0.